The Kier molecular flexibility index (Phi) is 9.40. The first kappa shape index (κ1) is 20.6. The van der Waals surface area contributed by atoms with E-state index in [0.717, 1.165) is 25.3 Å². The summed E-state index contributed by atoms with van der Waals surface area (Å²) in [6.07, 6.45) is 2.43. The van der Waals surface area contributed by atoms with Crippen molar-refractivity contribution in [3.05, 3.63) is 11.1 Å². The molecule has 0 aliphatic carbocycles. The van der Waals surface area contributed by atoms with Gasteiger partial charge in [0.1, 0.15) is 0 Å². The van der Waals surface area contributed by atoms with E-state index >= 15 is 0 Å². The number of nitrogens with zero attached hydrogens (tertiary/aromatic N) is 2. The van der Waals surface area contributed by atoms with Crippen molar-refractivity contribution in [2.45, 2.75) is 39.3 Å². The Morgan fingerprint density at radius 2 is 2.33 bits per heavy atom. The SMILES string of the molecule is CC(=O)Nc1nc(CN2CCCC(C(C)N)C2)cs1.Cl.Cl. The molecule has 122 valence electrons. The maximum atomic E-state index is 11.0. The smallest absolute Gasteiger partial charge is 0.223 e. The van der Waals surface area contributed by atoms with Crippen molar-refractivity contribution in [1.82, 2.24) is 9.88 Å². The van der Waals surface area contributed by atoms with Crippen LogP contribution in [0.2, 0.25) is 0 Å². The van der Waals surface area contributed by atoms with E-state index in [0.29, 0.717) is 11.0 Å². The number of amides is 1. The van der Waals surface area contributed by atoms with Gasteiger partial charge in [-0.1, -0.05) is 0 Å². The maximum Gasteiger partial charge on any atom is 0.223 e. The summed E-state index contributed by atoms with van der Waals surface area (Å²) in [5, 5.41) is 5.42. The molecule has 0 aromatic carbocycles. The molecule has 1 saturated heterocycles. The summed E-state index contributed by atoms with van der Waals surface area (Å²) in [7, 11) is 0. The summed E-state index contributed by atoms with van der Waals surface area (Å²) in [5.41, 5.74) is 7.02. The van der Waals surface area contributed by atoms with Crippen molar-refractivity contribution in [2.24, 2.45) is 11.7 Å². The molecule has 0 spiro atoms. The number of halogens is 2. The van der Waals surface area contributed by atoms with E-state index in [1.165, 1.54) is 31.1 Å². The molecule has 1 aliphatic heterocycles. The molecule has 2 atom stereocenters. The zero-order valence-electron chi connectivity index (χ0n) is 12.4. The number of nitrogens with one attached hydrogen (secondary N) is 1. The van der Waals surface area contributed by atoms with Crippen LogP contribution in [0.4, 0.5) is 5.13 Å². The lowest BCUT2D eigenvalue weighted by atomic mass is 9.92. The number of thiazole rings is 1. The summed E-state index contributed by atoms with van der Waals surface area (Å²) in [4.78, 5) is 17.8. The fraction of sp³-hybridized carbons (Fsp3) is 0.692. The summed E-state index contributed by atoms with van der Waals surface area (Å²) < 4.78 is 0. The third-order valence-electron chi connectivity index (χ3n) is 3.51. The van der Waals surface area contributed by atoms with E-state index in [2.05, 4.69) is 22.1 Å². The standard InChI is InChI=1S/C13H22N4OS.2ClH/c1-9(14)11-4-3-5-17(6-11)7-12-8-19-13(16-12)15-10(2)18;;/h8-9,11H,3-7,14H2,1-2H3,(H,15,16,18);2*1H. The summed E-state index contributed by atoms with van der Waals surface area (Å²) in [6.45, 7) is 6.59. The van der Waals surface area contributed by atoms with Gasteiger partial charge in [0.2, 0.25) is 5.91 Å². The molecule has 2 heterocycles. The molecule has 8 heteroatoms. The van der Waals surface area contributed by atoms with Crippen LogP contribution in [0.25, 0.3) is 0 Å². The predicted molar refractivity (Wildman–Crippen MR) is 92.6 cm³/mol. The molecule has 5 nitrogen and oxygen atoms in total. The van der Waals surface area contributed by atoms with Crippen LogP contribution in [0.15, 0.2) is 5.38 Å². The highest BCUT2D eigenvalue weighted by molar-refractivity contribution is 7.13. The van der Waals surface area contributed by atoms with Gasteiger partial charge in [0.05, 0.1) is 5.69 Å². The Morgan fingerprint density at radius 3 is 2.95 bits per heavy atom. The fourth-order valence-electron chi connectivity index (χ4n) is 2.48. The molecule has 1 aromatic rings. The molecular weight excluding hydrogens is 331 g/mol. The van der Waals surface area contributed by atoms with E-state index in [4.69, 9.17) is 5.73 Å². The zero-order chi connectivity index (χ0) is 13.8. The highest BCUT2D eigenvalue weighted by atomic mass is 35.5. The number of nitrogens with two attached hydrogens (primary N) is 1. The zero-order valence-corrected chi connectivity index (χ0v) is 14.8. The molecule has 1 fully saturated rings. The van der Waals surface area contributed by atoms with Crippen molar-refractivity contribution < 1.29 is 4.79 Å². The average Bonchev–Trinajstić information content (AvgIpc) is 2.76. The highest BCUT2D eigenvalue weighted by Crippen LogP contribution is 2.22. The fourth-order valence-corrected chi connectivity index (χ4v) is 3.23. The minimum Gasteiger partial charge on any atom is -0.328 e. The number of rotatable bonds is 4. The molecule has 1 aliphatic rings. The van der Waals surface area contributed by atoms with Crippen LogP contribution < -0.4 is 11.1 Å². The Morgan fingerprint density at radius 1 is 1.62 bits per heavy atom. The molecular formula is C13H24Cl2N4OS. The van der Waals surface area contributed by atoms with Crippen LogP contribution in [0.1, 0.15) is 32.4 Å². The molecule has 3 N–H and O–H groups in total. The molecule has 0 bridgehead atoms. The van der Waals surface area contributed by atoms with Crippen LogP contribution in [-0.4, -0.2) is 34.9 Å². The van der Waals surface area contributed by atoms with E-state index < -0.39 is 0 Å². The first-order chi connectivity index (χ1) is 9.04. The highest BCUT2D eigenvalue weighted by Gasteiger charge is 2.23. The van der Waals surface area contributed by atoms with Crippen molar-refractivity contribution in [1.29, 1.82) is 0 Å². The molecule has 1 amide bonds. The lowest BCUT2D eigenvalue weighted by Crippen LogP contribution is -2.41. The van der Waals surface area contributed by atoms with Crippen LogP contribution >= 0.6 is 36.2 Å². The van der Waals surface area contributed by atoms with Crippen molar-refractivity contribution >= 4 is 47.2 Å². The number of carbonyl (C=O) groups is 1. The van der Waals surface area contributed by atoms with Crippen molar-refractivity contribution in [2.75, 3.05) is 18.4 Å². The number of anilines is 1. The number of hydrogen-bond donors (Lipinski definition) is 2. The first-order valence-corrected chi connectivity index (χ1v) is 7.62. The van der Waals surface area contributed by atoms with Gasteiger partial charge < -0.3 is 11.1 Å². The third-order valence-corrected chi connectivity index (χ3v) is 4.31. The number of hydrogen-bond acceptors (Lipinski definition) is 5. The number of aromatic nitrogens is 1. The summed E-state index contributed by atoms with van der Waals surface area (Å²) in [5.74, 6) is 0.512. The summed E-state index contributed by atoms with van der Waals surface area (Å²) >= 11 is 1.48. The Bertz CT molecular complexity index is 442. The van der Waals surface area contributed by atoms with E-state index in [9.17, 15) is 4.79 Å². The lowest BCUT2D eigenvalue weighted by molar-refractivity contribution is -0.114. The Hall–Kier alpha value is -0.400. The largest absolute Gasteiger partial charge is 0.328 e. The van der Waals surface area contributed by atoms with Gasteiger partial charge in [-0.2, -0.15) is 0 Å². The second-order valence-corrected chi connectivity index (χ2v) is 6.18. The minimum atomic E-state index is -0.0732. The van der Waals surface area contributed by atoms with E-state index in [-0.39, 0.29) is 36.8 Å². The van der Waals surface area contributed by atoms with Gasteiger partial charge >= 0.3 is 0 Å². The topological polar surface area (TPSA) is 71.2 Å². The quantitative estimate of drug-likeness (QED) is 0.871. The molecule has 1 aromatic heterocycles. The average molecular weight is 355 g/mol. The number of likely N-dealkylation sites (tertiary alicyclic amines) is 1. The third kappa shape index (κ3) is 6.48. The van der Waals surface area contributed by atoms with Gasteiger partial charge in [0, 0.05) is 31.4 Å². The van der Waals surface area contributed by atoms with Crippen molar-refractivity contribution in [3.8, 4) is 0 Å². The summed E-state index contributed by atoms with van der Waals surface area (Å²) in [6, 6.07) is 0.258. The van der Waals surface area contributed by atoms with Crippen molar-refractivity contribution in [3.63, 3.8) is 0 Å². The second-order valence-electron chi connectivity index (χ2n) is 5.32. The van der Waals surface area contributed by atoms with Gasteiger partial charge in [0.25, 0.3) is 0 Å². The molecule has 0 radical (unpaired) electrons. The molecule has 2 rings (SSSR count). The predicted octanol–water partition coefficient (Wildman–Crippen LogP) is 2.50. The normalized spacial score (nSPS) is 20.0. The van der Waals surface area contributed by atoms with Crippen LogP contribution in [0, 0.1) is 5.92 Å². The van der Waals surface area contributed by atoms with Crippen LogP contribution in [0.3, 0.4) is 0 Å². The van der Waals surface area contributed by atoms with E-state index in [1.807, 2.05) is 5.38 Å². The lowest BCUT2D eigenvalue weighted by Gasteiger charge is -2.34. The van der Waals surface area contributed by atoms with Gasteiger partial charge in [-0.05, 0) is 32.2 Å². The second kappa shape index (κ2) is 9.58. The number of piperidine rings is 1. The van der Waals surface area contributed by atoms with Gasteiger partial charge in [-0.3, -0.25) is 9.69 Å². The minimum absolute atomic E-state index is 0. The number of carbonyl (C=O) groups excluding carboxylic acids is 1. The van der Waals surface area contributed by atoms with Crippen LogP contribution in [-0.2, 0) is 11.3 Å². The first-order valence-electron chi connectivity index (χ1n) is 6.74. The maximum absolute atomic E-state index is 11.0. The van der Waals surface area contributed by atoms with Gasteiger partial charge in [-0.25, -0.2) is 4.98 Å². The molecule has 0 saturated carbocycles. The van der Waals surface area contributed by atoms with Crippen LogP contribution in [0.5, 0.6) is 0 Å². The Balaban J connectivity index is 0.00000200. The molecule has 21 heavy (non-hydrogen) atoms. The Labute approximate surface area is 142 Å². The molecule has 2 unspecified atom stereocenters. The van der Waals surface area contributed by atoms with E-state index in [1.54, 1.807) is 0 Å². The van der Waals surface area contributed by atoms with Gasteiger partial charge in [0.15, 0.2) is 5.13 Å². The monoisotopic (exact) mass is 354 g/mol. The van der Waals surface area contributed by atoms with Gasteiger partial charge in [-0.15, -0.1) is 36.2 Å².